The summed E-state index contributed by atoms with van der Waals surface area (Å²) in [5, 5.41) is 0. The summed E-state index contributed by atoms with van der Waals surface area (Å²) >= 11 is 4.08. The van der Waals surface area contributed by atoms with Crippen LogP contribution in [0.25, 0.3) is 0 Å². The predicted octanol–water partition coefficient (Wildman–Crippen LogP) is -0.793. The van der Waals surface area contributed by atoms with E-state index in [-0.39, 0.29) is 57.4 Å². The van der Waals surface area contributed by atoms with Gasteiger partial charge in [0.1, 0.15) is 18.6 Å². The zero-order chi connectivity index (χ0) is 17.5. The van der Waals surface area contributed by atoms with Gasteiger partial charge in [0.2, 0.25) is 0 Å². The SMILES string of the molecule is CN1CCOc2ccccc2C1.COC(=O)CCCC=O.C[S-].[K+]. The third-order valence-corrected chi connectivity index (χ3v) is 3.07. The van der Waals surface area contributed by atoms with E-state index in [1.54, 1.807) is 6.26 Å². The number of unbranched alkanes of at least 4 members (excludes halogenated alkanes) is 1. The number of esters is 1. The molecule has 0 aliphatic carbocycles. The fourth-order valence-corrected chi connectivity index (χ4v) is 1.89. The maximum atomic E-state index is 10.3. The first-order chi connectivity index (χ1) is 11.2. The molecule has 0 saturated heterocycles. The van der Waals surface area contributed by atoms with Crippen molar-refractivity contribution in [3.8, 4) is 5.75 Å². The first-order valence-corrected chi connectivity index (χ1v) is 8.29. The number of hydrogen-bond acceptors (Lipinski definition) is 6. The van der Waals surface area contributed by atoms with Gasteiger partial charge in [0.15, 0.2) is 0 Å². The van der Waals surface area contributed by atoms with Crippen molar-refractivity contribution in [2.75, 3.05) is 33.6 Å². The van der Waals surface area contributed by atoms with E-state index in [4.69, 9.17) is 4.74 Å². The van der Waals surface area contributed by atoms with Gasteiger partial charge in [0, 0.05) is 31.5 Å². The molecule has 0 bridgehead atoms. The van der Waals surface area contributed by atoms with Gasteiger partial charge in [0.25, 0.3) is 0 Å². The molecule has 24 heavy (non-hydrogen) atoms. The molecule has 0 amide bonds. The number of carbonyl (C=O) groups is 2. The summed E-state index contributed by atoms with van der Waals surface area (Å²) in [6.07, 6.45) is 3.75. The third kappa shape index (κ3) is 12.5. The number of aldehydes is 1. The Morgan fingerprint density at radius 3 is 2.67 bits per heavy atom. The van der Waals surface area contributed by atoms with Crippen LogP contribution in [0.1, 0.15) is 24.8 Å². The van der Waals surface area contributed by atoms with Gasteiger partial charge in [-0.1, -0.05) is 18.2 Å². The minimum atomic E-state index is -0.253. The Labute approximate surface area is 193 Å². The smallest absolute Gasteiger partial charge is 0.796 e. The van der Waals surface area contributed by atoms with Crippen LogP contribution in [0.15, 0.2) is 24.3 Å². The summed E-state index contributed by atoms with van der Waals surface area (Å²) < 4.78 is 9.92. The van der Waals surface area contributed by atoms with Gasteiger partial charge in [0.05, 0.1) is 7.11 Å². The van der Waals surface area contributed by atoms with Crippen molar-refractivity contribution in [1.82, 2.24) is 4.90 Å². The van der Waals surface area contributed by atoms with E-state index in [9.17, 15) is 9.59 Å². The summed E-state index contributed by atoms with van der Waals surface area (Å²) in [6.45, 7) is 2.80. The van der Waals surface area contributed by atoms with E-state index >= 15 is 0 Å². The maximum Gasteiger partial charge on any atom is 1.00 e. The van der Waals surface area contributed by atoms with Crippen LogP contribution in [0, 0.1) is 0 Å². The fraction of sp³-hybridized carbons (Fsp3) is 0.529. The van der Waals surface area contributed by atoms with Gasteiger partial charge < -0.3 is 26.9 Å². The Hall–Kier alpha value is 0.106. The van der Waals surface area contributed by atoms with Crippen LogP contribution in [-0.2, 0) is 33.5 Å². The van der Waals surface area contributed by atoms with Crippen molar-refractivity contribution in [3.05, 3.63) is 29.8 Å². The van der Waals surface area contributed by atoms with Gasteiger partial charge in [-0.05, 0) is 19.5 Å². The van der Waals surface area contributed by atoms with E-state index in [1.165, 1.54) is 12.7 Å². The van der Waals surface area contributed by atoms with E-state index in [0.717, 1.165) is 31.7 Å². The molecule has 0 fully saturated rings. The summed E-state index contributed by atoms with van der Waals surface area (Å²) in [5.41, 5.74) is 1.29. The van der Waals surface area contributed by atoms with Gasteiger partial charge >= 0.3 is 57.4 Å². The number of benzene rings is 1. The van der Waals surface area contributed by atoms with Crippen molar-refractivity contribution >= 4 is 24.9 Å². The Balaban J connectivity index is 0. The third-order valence-electron chi connectivity index (χ3n) is 3.07. The van der Waals surface area contributed by atoms with E-state index in [1.807, 2.05) is 12.1 Å². The molecule has 130 valence electrons. The molecule has 1 aromatic carbocycles. The number of methoxy groups -OCH3 is 1. The summed E-state index contributed by atoms with van der Waals surface area (Å²) in [4.78, 5) is 22.3. The maximum absolute atomic E-state index is 10.3. The van der Waals surface area contributed by atoms with Crippen molar-refractivity contribution in [3.63, 3.8) is 0 Å². The van der Waals surface area contributed by atoms with E-state index in [2.05, 4.69) is 41.4 Å². The van der Waals surface area contributed by atoms with Crippen LogP contribution >= 0.6 is 0 Å². The van der Waals surface area contributed by atoms with Crippen molar-refractivity contribution in [1.29, 1.82) is 0 Å². The topological polar surface area (TPSA) is 55.8 Å². The first kappa shape index (κ1) is 26.3. The Bertz CT molecular complexity index is 460. The van der Waals surface area contributed by atoms with Crippen LogP contribution in [0.2, 0.25) is 0 Å². The molecule has 5 nitrogen and oxygen atoms in total. The number of fused-ring (bicyclic) bond motifs is 1. The molecule has 1 heterocycles. The fourth-order valence-electron chi connectivity index (χ4n) is 1.89. The molecule has 0 N–H and O–H groups in total. The van der Waals surface area contributed by atoms with Crippen LogP contribution in [0.3, 0.4) is 0 Å². The number of rotatable bonds is 4. The minimum Gasteiger partial charge on any atom is -0.796 e. The monoisotopic (exact) mass is 379 g/mol. The van der Waals surface area contributed by atoms with Crippen LogP contribution < -0.4 is 56.1 Å². The zero-order valence-corrected chi connectivity index (χ0v) is 19.1. The molecule has 0 radical (unpaired) electrons. The van der Waals surface area contributed by atoms with Crippen molar-refractivity contribution in [2.45, 2.75) is 25.8 Å². The number of hydrogen-bond donors (Lipinski definition) is 0. The Morgan fingerprint density at radius 1 is 1.38 bits per heavy atom. The standard InChI is InChI=1S/C10H13NO.C6H10O3.CH4S.K/c1-11-6-7-12-10-5-3-2-4-9(10)8-11;1-9-6(8)4-2-3-5-7;1-2;/h2-5H,6-8H2,1H3;5H,2-4H2,1H3;2H,1H3;/q;;;+1/p-1. The average Bonchev–Trinajstić information content (AvgIpc) is 2.78. The average molecular weight is 380 g/mol. The second-order valence-electron chi connectivity index (χ2n) is 4.83. The molecule has 7 heteroatoms. The molecule has 1 aromatic rings. The van der Waals surface area contributed by atoms with Gasteiger partial charge in [-0.3, -0.25) is 9.69 Å². The molecular weight excluding hydrogens is 353 g/mol. The van der Waals surface area contributed by atoms with Crippen LogP contribution in [0.5, 0.6) is 5.75 Å². The molecule has 0 unspecified atom stereocenters. The largest absolute Gasteiger partial charge is 1.00 e. The van der Waals surface area contributed by atoms with E-state index < -0.39 is 0 Å². The normalized spacial score (nSPS) is 12.3. The summed E-state index contributed by atoms with van der Waals surface area (Å²) in [7, 11) is 3.45. The summed E-state index contributed by atoms with van der Waals surface area (Å²) in [6, 6.07) is 8.23. The minimum absolute atomic E-state index is 0. The second kappa shape index (κ2) is 17.9. The predicted molar refractivity (Wildman–Crippen MR) is 93.5 cm³/mol. The number of likely N-dealkylation sites (N-methyl/N-ethyl adjacent to an activating group) is 1. The Kier molecular flexibility index (Phi) is 19.7. The number of nitrogens with zero attached hydrogens (tertiary/aromatic N) is 1. The van der Waals surface area contributed by atoms with Crippen molar-refractivity contribution < 1.29 is 70.4 Å². The van der Waals surface area contributed by atoms with Crippen LogP contribution in [0.4, 0.5) is 0 Å². The van der Waals surface area contributed by atoms with Crippen LogP contribution in [-0.4, -0.2) is 50.7 Å². The molecule has 1 aliphatic rings. The molecule has 2 rings (SSSR count). The molecule has 0 atom stereocenters. The number of carbonyl (C=O) groups excluding carboxylic acids is 2. The second-order valence-corrected chi connectivity index (χ2v) is 4.83. The van der Waals surface area contributed by atoms with Gasteiger partial charge in [-0.25, -0.2) is 0 Å². The van der Waals surface area contributed by atoms with Crippen molar-refractivity contribution in [2.24, 2.45) is 0 Å². The molecule has 0 aromatic heterocycles. The molecular formula is C17H26KNO4S. The number of para-hydroxylation sites is 1. The molecule has 1 aliphatic heterocycles. The zero-order valence-electron chi connectivity index (χ0n) is 15.1. The quantitative estimate of drug-likeness (QED) is 0.225. The van der Waals surface area contributed by atoms with Gasteiger partial charge in [-0.15, -0.1) is 0 Å². The number of ether oxygens (including phenoxy) is 2. The summed E-state index contributed by atoms with van der Waals surface area (Å²) in [5.74, 6) is 0.790. The Morgan fingerprint density at radius 2 is 2.04 bits per heavy atom. The first-order valence-electron chi connectivity index (χ1n) is 7.48. The van der Waals surface area contributed by atoms with E-state index in [0.29, 0.717) is 19.3 Å². The molecule has 0 saturated carbocycles. The van der Waals surface area contributed by atoms with Gasteiger partial charge in [-0.2, -0.15) is 6.26 Å². The molecule has 0 spiro atoms.